The van der Waals surface area contributed by atoms with Crippen molar-refractivity contribution in [3.8, 4) is 0 Å². The molecule has 0 aliphatic rings. The predicted molar refractivity (Wildman–Crippen MR) is 81.4 cm³/mol. The molecule has 0 bridgehead atoms. The number of anilines is 1. The van der Waals surface area contributed by atoms with Crippen molar-refractivity contribution in [1.82, 2.24) is 0 Å². The average molecular weight is 381 g/mol. The Kier molecular flexibility index (Phi) is 4.40. The fraction of sp³-hybridized carbons (Fsp3) is 0. The van der Waals surface area contributed by atoms with Gasteiger partial charge in [-0.15, -0.1) is 0 Å². The molecule has 2 aromatic carbocycles. The molecule has 7 heteroatoms. The van der Waals surface area contributed by atoms with Crippen LogP contribution in [0.15, 0.2) is 51.8 Å². The molecule has 0 radical (unpaired) electrons. The van der Waals surface area contributed by atoms with Gasteiger partial charge < -0.3 is 0 Å². The maximum absolute atomic E-state index is 12.2. The Labute approximate surface area is 129 Å². The standard InChI is InChI=1S/C12H8BrCl2NO2S/c13-9-7-8(14)5-6-11(9)16-19(17,18)12-4-2-1-3-10(12)15/h1-7,16H. The first-order valence-electron chi connectivity index (χ1n) is 5.12. The highest BCUT2D eigenvalue weighted by atomic mass is 79.9. The van der Waals surface area contributed by atoms with Crippen molar-refractivity contribution < 1.29 is 8.42 Å². The largest absolute Gasteiger partial charge is 0.278 e. The van der Waals surface area contributed by atoms with Crippen molar-refractivity contribution >= 4 is 54.8 Å². The molecule has 2 rings (SSSR count). The molecule has 3 nitrogen and oxygen atoms in total. The molecular formula is C12H8BrCl2NO2S. The monoisotopic (exact) mass is 379 g/mol. The smallest absolute Gasteiger partial charge is 0.263 e. The third-order valence-corrected chi connectivity index (χ3v) is 5.06. The molecule has 0 fully saturated rings. The first-order chi connectivity index (χ1) is 8.90. The van der Waals surface area contributed by atoms with Gasteiger partial charge in [-0.3, -0.25) is 4.72 Å². The second-order valence-corrected chi connectivity index (χ2v) is 7.01. The molecule has 0 unspecified atom stereocenters. The van der Waals surface area contributed by atoms with Gasteiger partial charge in [0.15, 0.2) is 0 Å². The van der Waals surface area contributed by atoms with Gasteiger partial charge in [-0.25, -0.2) is 8.42 Å². The Bertz CT molecular complexity index is 719. The molecule has 0 aliphatic heterocycles. The topological polar surface area (TPSA) is 46.2 Å². The minimum atomic E-state index is -3.73. The fourth-order valence-electron chi connectivity index (χ4n) is 1.43. The summed E-state index contributed by atoms with van der Waals surface area (Å²) in [5.74, 6) is 0. The van der Waals surface area contributed by atoms with Crippen molar-refractivity contribution in [3.05, 3.63) is 57.0 Å². The van der Waals surface area contributed by atoms with Gasteiger partial charge in [0, 0.05) is 9.50 Å². The van der Waals surface area contributed by atoms with Crippen LogP contribution in [-0.4, -0.2) is 8.42 Å². The second kappa shape index (κ2) is 5.71. The summed E-state index contributed by atoms with van der Waals surface area (Å²) in [5, 5.41) is 0.674. The third-order valence-electron chi connectivity index (χ3n) is 2.30. The highest BCUT2D eigenvalue weighted by Gasteiger charge is 2.18. The van der Waals surface area contributed by atoms with E-state index in [9.17, 15) is 8.42 Å². The summed E-state index contributed by atoms with van der Waals surface area (Å²) in [6, 6.07) is 11.0. The lowest BCUT2D eigenvalue weighted by Gasteiger charge is -2.11. The summed E-state index contributed by atoms with van der Waals surface area (Å²) >= 11 is 14.9. The summed E-state index contributed by atoms with van der Waals surface area (Å²) in [7, 11) is -3.73. The van der Waals surface area contributed by atoms with E-state index < -0.39 is 10.0 Å². The van der Waals surface area contributed by atoms with Crippen LogP contribution < -0.4 is 4.72 Å². The van der Waals surface area contributed by atoms with Gasteiger partial charge in [0.2, 0.25) is 0 Å². The van der Waals surface area contributed by atoms with Crippen LogP contribution in [0.5, 0.6) is 0 Å². The van der Waals surface area contributed by atoms with Crippen LogP contribution in [0, 0.1) is 0 Å². The minimum Gasteiger partial charge on any atom is -0.278 e. The van der Waals surface area contributed by atoms with Crippen molar-refractivity contribution in [1.29, 1.82) is 0 Å². The molecule has 0 aromatic heterocycles. The number of hydrogen-bond donors (Lipinski definition) is 1. The molecular weight excluding hydrogens is 373 g/mol. The minimum absolute atomic E-state index is 0.0264. The molecule has 1 N–H and O–H groups in total. The van der Waals surface area contributed by atoms with E-state index in [-0.39, 0.29) is 9.92 Å². The molecule has 19 heavy (non-hydrogen) atoms. The number of rotatable bonds is 3. The van der Waals surface area contributed by atoms with Crippen molar-refractivity contribution in [2.24, 2.45) is 0 Å². The van der Waals surface area contributed by atoms with E-state index in [1.54, 1.807) is 30.3 Å². The van der Waals surface area contributed by atoms with Crippen molar-refractivity contribution in [2.75, 3.05) is 4.72 Å². The zero-order valence-corrected chi connectivity index (χ0v) is 13.3. The lowest BCUT2D eigenvalue weighted by Crippen LogP contribution is -2.13. The Balaban J connectivity index is 2.40. The van der Waals surface area contributed by atoms with Crippen LogP contribution in [-0.2, 0) is 10.0 Å². The predicted octanol–water partition coefficient (Wildman–Crippen LogP) is 4.56. The van der Waals surface area contributed by atoms with E-state index in [4.69, 9.17) is 23.2 Å². The van der Waals surface area contributed by atoms with Gasteiger partial charge in [0.1, 0.15) is 4.90 Å². The van der Waals surface area contributed by atoms with Gasteiger partial charge in [0.25, 0.3) is 10.0 Å². The lowest BCUT2D eigenvalue weighted by atomic mass is 10.3. The van der Waals surface area contributed by atoms with Crippen molar-refractivity contribution in [3.63, 3.8) is 0 Å². The quantitative estimate of drug-likeness (QED) is 0.848. The SMILES string of the molecule is O=S(=O)(Nc1ccc(Cl)cc1Br)c1ccccc1Cl. The zero-order valence-electron chi connectivity index (χ0n) is 9.40. The van der Waals surface area contributed by atoms with E-state index in [2.05, 4.69) is 20.7 Å². The van der Waals surface area contributed by atoms with E-state index in [1.807, 2.05) is 0 Å². The van der Waals surface area contributed by atoms with Crippen LogP contribution in [0.2, 0.25) is 10.0 Å². The lowest BCUT2D eigenvalue weighted by molar-refractivity contribution is 0.601. The highest BCUT2D eigenvalue weighted by molar-refractivity contribution is 9.10. The molecule has 0 spiro atoms. The Hall–Kier alpha value is -0.750. The van der Waals surface area contributed by atoms with E-state index >= 15 is 0 Å². The number of hydrogen-bond acceptors (Lipinski definition) is 2. The zero-order chi connectivity index (χ0) is 14.0. The molecule has 0 atom stereocenters. The molecule has 0 heterocycles. The number of sulfonamides is 1. The maximum atomic E-state index is 12.2. The van der Waals surface area contributed by atoms with Gasteiger partial charge in [-0.1, -0.05) is 35.3 Å². The Morgan fingerprint density at radius 3 is 2.37 bits per heavy atom. The maximum Gasteiger partial charge on any atom is 0.263 e. The van der Waals surface area contributed by atoms with Crippen LogP contribution in [0.4, 0.5) is 5.69 Å². The number of nitrogens with one attached hydrogen (secondary N) is 1. The van der Waals surface area contributed by atoms with E-state index in [0.717, 1.165) is 0 Å². The summed E-state index contributed by atoms with van der Waals surface area (Å²) in [4.78, 5) is 0.0264. The van der Waals surface area contributed by atoms with Gasteiger partial charge >= 0.3 is 0 Å². The molecule has 0 aliphatic carbocycles. The van der Waals surface area contributed by atoms with E-state index in [1.165, 1.54) is 12.1 Å². The van der Waals surface area contributed by atoms with Gasteiger partial charge in [0.05, 0.1) is 10.7 Å². The fourth-order valence-corrected chi connectivity index (χ4v) is 3.95. The van der Waals surface area contributed by atoms with Gasteiger partial charge in [-0.2, -0.15) is 0 Å². The molecule has 0 amide bonds. The first kappa shape index (κ1) is 14.7. The van der Waals surface area contributed by atoms with Crippen LogP contribution in [0.3, 0.4) is 0 Å². The Morgan fingerprint density at radius 1 is 1.05 bits per heavy atom. The number of benzene rings is 2. The van der Waals surface area contributed by atoms with Crippen LogP contribution >= 0.6 is 39.1 Å². The normalized spacial score (nSPS) is 11.3. The summed E-state index contributed by atoms with van der Waals surface area (Å²) in [6.45, 7) is 0. The molecule has 0 saturated carbocycles. The average Bonchev–Trinajstić information content (AvgIpc) is 2.33. The number of halogens is 3. The molecule has 100 valence electrons. The van der Waals surface area contributed by atoms with Crippen LogP contribution in [0.25, 0.3) is 0 Å². The second-order valence-electron chi connectivity index (χ2n) is 3.66. The molecule has 0 saturated heterocycles. The highest BCUT2D eigenvalue weighted by Crippen LogP contribution is 2.29. The third kappa shape index (κ3) is 3.42. The van der Waals surface area contributed by atoms with Crippen molar-refractivity contribution in [2.45, 2.75) is 4.90 Å². The van der Waals surface area contributed by atoms with Gasteiger partial charge in [-0.05, 0) is 46.3 Å². The molecule has 2 aromatic rings. The summed E-state index contributed by atoms with van der Waals surface area (Å²) < 4.78 is 27.4. The van der Waals surface area contributed by atoms with Crippen LogP contribution in [0.1, 0.15) is 0 Å². The summed E-state index contributed by atoms with van der Waals surface area (Å²) in [5.41, 5.74) is 0.393. The Morgan fingerprint density at radius 2 is 1.74 bits per heavy atom. The van der Waals surface area contributed by atoms with E-state index in [0.29, 0.717) is 15.2 Å². The summed E-state index contributed by atoms with van der Waals surface area (Å²) in [6.07, 6.45) is 0. The first-order valence-corrected chi connectivity index (χ1v) is 8.16.